The van der Waals surface area contributed by atoms with Crippen molar-refractivity contribution in [2.45, 2.75) is 57.7 Å². The number of alkyl halides is 3. The molecule has 1 N–H and O–H groups in total. The smallest absolute Gasteiger partial charge is 0.385 e. The van der Waals surface area contributed by atoms with Crippen LogP contribution in [-0.4, -0.2) is 5.11 Å². The van der Waals surface area contributed by atoms with Crippen LogP contribution in [0.25, 0.3) is 0 Å². The van der Waals surface area contributed by atoms with E-state index in [1.165, 1.54) is 12.1 Å². The first-order valence-electron chi connectivity index (χ1n) is 7.61. The zero-order valence-corrected chi connectivity index (χ0v) is 12.6. The fourth-order valence-corrected chi connectivity index (χ4v) is 3.46. The minimum atomic E-state index is -4.33. The van der Waals surface area contributed by atoms with Crippen LogP contribution in [0, 0.1) is 11.8 Å². The second-order valence-electron chi connectivity index (χ2n) is 6.70. The molecule has 1 aromatic rings. The molecular formula is C17H23F3O. The van der Waals surface area contributed by atoms with Gasteiger partial charge in [0.1, 0.15) is 0 Å². The average molecular weight is 300 g/mol. The van der Waals surface area contributed by atoms with Crippen LogP contribution in [0.15, 0.2) is 24.3 Å². The Bertz CT molecular complexity index is 464. The second-order valence-corrected chi connectivity index (χ2v) is 6.70. The molecule has 0 radical (unpaired) electrons. The van der Waals surface area contributed by atoms with E-state index in [1.54, 1.807) is 0 Å². The standard InChI is InChI=1S/C17H23F3O/c1-12(2)10-13-4-3-9-16(21,11-13)14-5-7-15(8-6-14)17(18,19)20/h5-8,12-13,21H,3-4,9-11H2,1-2H3. The van der Waals surface area contributed by atoms with Gasteiger partial charge in [0, 0.05) is 0 Å². The summed E-state index contributed by atoms with van der Waals surface area (Å²) in [7, 11) is 0. The Morgan fingerprint density at radius 1 is 1.24 bits per heavy atom. The molecule has 2 unspecified atom stereocenters. The largest absolute Gasteiger partial charge is 0.416 e. The van der Waals surface area contributed by atoms with E-state index >= 15 is 0 Å². The zero-order valence-electron chi connectivity index (χ0n) is 12.6. The number of rotatable bonds is 3. The Morgan fingerprint density at radius 2 is 1.86 bits per heavy atom. The van der Waals surface area contributed by atoms with Gasteiger partial charge in [-0.15, -0.1) is 0 Å². The molecule has 1 saturated carbocycles. The number of aliphatic hydroxyl groups is 1. The monoisotopic (exact) mass is 300 g/mol. The highest BCUT2D eigenvalue weighted by Crippen LogP contribution is 2.42. The maximum absolute atomic E-state index is 12.6. The molecule has 2 atom stereocenters. The molecule has 1 fully saturated rings. The number of halogens is 3. The van der Waals surface area contributed by atoms with Gasteiger partial charge in [-0.3, -0.25) is 0 Å². The topological polar surface area (TPSA) is 20.2 Å². The SMILES string of the molecule is CC(C)CC1CCCC(O)(c2ccc(C(F)(F)F)cc2)C1. The summed E-state index contributed by atoms with van der Waals surface area (Å²) in [5.74, 6) is 1.02. The van der Waals surface area contributed by atoms with Crippen molar-refractivity contribution in [1.29, 1.82) is 0 Å². The molecule has 2 rings (SSSR count). The van der Waals surface area contributed by atoms with Crippen molar-refractivity contribution in [1.82, 2.24) is 0 Å². The maximum atomic E-state index is 12.6. The fourth-order valence-electron chi connectivity index (χ4n) is 3.46. The Hall–Kier alpha value is -1.03. The van der Waals surface area contributed by atoms with Gasteiger partial charge in [0.2, 0.25) is 0 Å². The molecule has 1 aliphatic carbocycles. The summed E-state index contributed by atoms with van der Waals surface area (Å²) in [5, 5.41) is 10.8. The van der Waals surface area contributed by atoms with Crippen molar-refractivity contribution in [2.75, 3.05) is 0 Å². The van der Waals surface area contributed by atoms with Crippen LogP contribution in [0.4, 0.5) is 13.2 Å². The van der Waals surface area contributed by atoms with Crippen molar-refractivity contribution in [3.63, 3.8) is 0 Å². The molecule has 4 heteroatoms. The molecule has 118 valence electrons. The second kappa shape index (κ2) is 5.99. The van der Waals surface area contributed by atoms with E-state index < -0.39 is 17.3 Å². The minimum Gasteiger partial charge on any atom is -0.385 e. The summed E-state index contributed by atoms with van der Waals surface area (Å²) in [4.78, 5) is 0. The normalized spacial score (nSPS) is 27.1. The van der Waals surface area contributed by atoms with E-state index in [0.717, 1.165) is 31.4 Å². The van der Waals surface area contributed by atoms with Crippen LogP contribution < -0.4 is 0 Å². The summed E-state index contributed by atoms with van der Waals surface area (Å²) >= 11 is 0. The summed E-state index contributed by atoms with van der Waals surface area (Å²) in [6.45, 7) is 4.32. The summed E-state index contributed by atoms with van der Waals surface area (Å²) < 4.78 is 37.8. The van der Waals surface area contributed by atoms with Crippen LogP contribution >= 0.6 is 0 Å². The van der Waals surface area contributed by atoms with E-state index in [1.807, 2.05) is 0 Å². The van der Waals surface area contributed by atoms with E-state index in [4.69, 9.17) is 0 Å². The first kappa shape index (κ1) is 16.3. The van der Waals surface area contributed by atoms with E-state index in [9.17, 15) is 18.3 Å². The lowest BCUT2D eigenvalue weighted by Gasteiger charge is -2.38. The molecule has 1 aromatic carbocycles. The van der Waals surface area contributed by atoms with Crippen LogP contribution in [0.5, 0.6) is 0 Å². The number of hydrogen-bond donors (Lipinski definition) is 1. The highest BCUT2D eigenvalue weighted by molar-refractivity contribution is 5.29. The van der Waals surface area contributed by atoms with Gasteiger partial charge in [-0.1, -0.05) is 32.4 Å². The first-order chi connectivity index (χ1) is 9.71. The van der Waals surface area contributed by atoms with Gasteiger partial charge in [-0.05, 0) is 55.2 Å². The van der Waals surface area contributed by atoms with Crippen molar-refractivity contribution in [3.05, 3.63) is 35.4 Å². The third-order valence-electron chi connectivity index (χ3n) is 4.38. The molecule has 1 nitrogen and oxygen atoms in total. The predicted octanol–water partition coefficient (Wildman–Crippen LogP) is 5.13. The molecule has 0 amide bonds. The molecular weight excluding hydrogens is 277 g/mol. The van der Waals surface area contributed by atoms with Gasteiger partial charge in [0.25, 0.3) is 0 Å². The summed E-state index contributed by atoms with van der Waals surface area (Å²) in [6, 6.07) is 5.00. The Balaban J connectivity index is 2.15. The fraction of sp³-hybridized carbons (Fsp3) is 0.647. The third-order valence-corrected chi connectivity index (χ3v) is 4.38. The van der Waals surface area contributed by atoms with Gasteiger partial charge in [0.05, 0.1) is 11.2 Å². The maximum Gasteiger partial charge on any atom is 0.416 e. The van der Waals surface area contributed by atoms with Crippen molar-refractivity contribution in [3.8, 4) is 0 Å². The van der Waals surface area contributed by atoms with Crippen molar-refractivity contribution < 1.29 is 18.3 Å². The Kier molecular flexibility index (Phi) is 4.66. The third kappa shape index (κ3) is 4.00. The quantitative estimate of drug-likeness (QED) is 0.820. The lowest BCUT2D eigenvalue weighted by atomic mass is 9.72. The molecule has 0 aromatic heterocycles. The van der Waals surface area contributed by atoms with E-state index in [-0.39, 0.29) is 0 Å². The molecule has 0 bridgehead atoms. The lowest BCUT2D eigenvalue weighted by molar-refractivity contribution is -0.137. The van der Waals surface area contributed by atoms with Crippen LogP contribution in [0.2, 0.25) is 0 Å². The van der Waals surface area contributed by atoms with Crippen molar-refractivity contribution >= 4 is 0 Å². The molecule has 0 aliphatic heterocycles. The molecule has 0 heterocycles. The van der Waals surface area contributed by atoms with Gasteiger partial charge in [-0.2, -0.15) is 13.2 Å². The predicted molar refractivity (Wildman–Crippen MR) is 76.8 cm³/mol. The molecule has 0 saturated heterocycles. The molecule has 1 aliphatic rings. The van der Waals surface area contributed by atoms with E-state index in [0.29, 0.717) is 30.2 Å². The average Bonchev–Trinajstić information content (AvgIpc) is 2.37. The lowest BCUT2D eigenvalue weighted by Crippen LogP contribution is -2.33. The Labute approximate surface area is 124 Å². The van der Waals surface area contributed by atoms with Gasteiger partial charge in [0.15, 0.2) is 0 Å². The zero-order chi connectivity index (χ0) is 15.7. The molecule has 0 spiro atoms. The van der Waals surface area contributed by atoms with Gasteiger partial charge >= 0.3 is 6.18 Å². The van der Waals surface area contributed by atoms with Gasteiger partial charge in [-0.25, -0.2) is 0 Å². The van der Waals surface area contributed by atoms with Crippen LogP contribution in [0.1, 0.15) is 57.1 Å². The summed E-state index contributed by atoms with van der Waals surface area (Å²) in [5.41, 5.74) is -1.02. The van der Waals surface area contributed by atoms with Crippen LogP contribution in [0.3, 0.4) is 0 Å². The molecule has 21 heavy (non-hydrogen) atoms. The van der Waals surface area contributed by atoms with Crippen LogP contribution in [-0.2, 0) is 11.8 Å². The number of benzene rings is 1. The first-order valence-corrected chi connectivity index (χ1v) is 7.61. The van der Waals surface area contributed by atoms with Crippen molar-refractivity contribution in [2.24, 2.45) is 11.8 Å². The van der Waals surface area contributed by atoms with E-state index in [2.05, 4.69) is 13.8 Å². The minimum absolute atomic E-state index is 0.450. The highest BCUT2D eigenvalue weighted by Gasteiger charge is 2.37. The highest BCUT2D eigenvalue weighted by atomic mass is 19.4. The number of hydrogen-bond acceptors (Lipinski definition) is 1. The van der Waals surface area contributed by atoms with Gasteiger partial charge < -0.3 is 5.11 Å². The Morgan fingerprint density at radius 3 is 2.38 bits per heavy atom. The summed E-state index contributed by atoms with van der Waals surface area (Å²) in [6.07, 6.45) is 0.0381.